The molecule has 1 aromatic carbocycles. The molecule has 18 heavy (non-hydrogen) atoms. The van der Waals surface area contributed by atoms with Crippen LogP contribution in [0.1, 0.15) is 5.56 Å². The molecule has 1 aromatic heterocycles. The Kier molecular flexibility index (Phi) is 4.44. The first-order valence-corrected chi connectivity index (χ1v) is 6.53. The molecule has 2 aromatic rings. The van der Waals surface area contributed by atoms with Gasteiger partial charge in [-0.1, -0.05) is 11.6 Å². The van der Waals surface area contributed by atoms with Crippen molar-refractivity contribution in [2.45, 2.75) is 6.54 Å². The van der Waals surface area contributed by atoms with E-state index in [0.29, 0.717) is 11.6 Å². The van der Waals surface area contributed by atoms with Crippen LogP contribution in [-0.4, -0.2) is 12.1 Å². The summed E-state index contributed by atoms with van der Waals surface area (Å²) in [6.07, 6.45) is 3.51. The third-order valence-electron chi connectivity index (χ3n) is 2.43. The molecule has 0 radical (unpaired) electrons. The van der Waals surface area contributed by atoms with Crippen molar-refractivity contribution in [1.82, 2.24) is 4.98 Å². The third kappa shape index (κ3) is 3.37. The van der Waals surface area contributed by atoms with Crippen LogP contribution in [0, 0.1) is 0 Å². The molecule has 0 bridgehead atoms. The Bertz CT molecular complexity index is 548. The highest BCUT2D eigenvalue weighted by Gasteiger charge is 2.04. The minimum absolute atomic E-state index is 0.627. The van der Waals surface area contributed by atoms with Gasteiger partial charge in [-0.25, -0.2) is 0 Å². The van der Waals surface area contributed by atoms with Gasteiger partial charge in [0, 0.05) is 27.8 Å². The molecule has 0 aliphatic carbocycles. The van der Waals surface area contributed by atoms with Gasteiger partial charge in [-0.15, -0.1) is 0 Å². The van der Waals surface area contributed by atoms with Gasteiger partial charge < -0.3 is 10.1 Å². The third-order valence-corrected chi connectivity index (χ3v) is 3.10. The van der Waals surface area contributed by atoms with E-state index in [4.69, 9.17) is 16.3 Å². The Hall–Kier alpha value is -1.26. The fourth-order valence-corrected chi connectivity index (χ4v) is 2.15. The number of benzene rings is 1. The summed E-state index contributed by atoms with van der Waals surface area (Å²) in [6.45, 7) is 0.627. The molecule has 0 spiro atoms. The summed E-state index contributed by atoms with van der Waals surface area (Å²) < 4.78 is 6.22. The number of ether oxygens (including phenoxy) is 1. The fraction of sp³-hybridized carbons (Fsp3) is 0.154. The summed E-state index contributed by atoms with van der Waals surface area (Å²) in [5, 5.41) is 3.97. The van der Waals surface area contributed by atoms with Gasteiger partial charge in [0.05, 0.1) is 19.0 Å². The van der Waals surface area contributed by atoms with E-state index in [9.17, 15) is 0 Å². The summed E-state index contributed by atoms with van der Waals surface area (Å²) in [6, 6.07) is 7.52. The zero-order chi connectivity index (χ0) is 13.0. The van der Waals surface area contributed by atoms with Gasteiger partial charge in [0.1, 0.15) is 5.75 Å². The normalized spacial score (nSPS) is 10.2. The fourth-order valence-electron chi connectivity index (χ4n) is 1.59. The molecule has 0 aliphatic rings. The van der Waals surface area contributed by atoms with Crippen LogP contribution in [0.15, 0.2) is 41.1 Å². The molecule has 2 rings (SSSR count). The van der Waals surface area contributed by atoms with E-state index in [2.05, 4.69) is 26.2 Å². The number of rotatable bonds is 4. The molecular weight excluding hydrogens is 316 g/mol. The van der Waals surface area contributed by atoms with Crippen molar-refractivity contribution in [2.75, 3.05) is 12.4 Å². The molecule has 94 valence electrons. The number of nitrogens with one attached hydrogen (secondary N) is 1. The Morgan fingerprint density at radius 1 is 1.33 bits per heavy atom. The van der Waals surface area contributed by atoms with Crippen LogP contribution >= 0.6 is 27.5 Å². The molecule has 0 fully saturated rings. The summed E-state index contributed by atoms with van der Waals surface area (Å²) in [7, 11) is 1.65. The first kappa shape index (κ1) is 13.2. The van der Waals surface area contributed by atoms with Crippen molar-refractivity contribution in [1.29, 1.82) is 0 Å². The average Bonchev–Trinajstić information content (AvgIpc) is 2.37. The minimum atomic E-state index is 0.627. The number of hydrogen-bond acceptors (Lipinski definition) is 3. The molecule has 3 nitrogen and oxygen atoms in total. The number of nitrogens with zero attached hydrogens (tertiary/aromatic N) is 1. The maximum Gasteiger partial charge on any atom is 0.123 e. The second-order valence-electron chi connectivity index (χ2n) is 3.70. The lowest BCUT2D eigenvalue weighted by Crippen LogP contribution is -2.02. The van der Waals surface area contributed by atoms with E-state index in [0.717, 1.165) is 21.5 Å². The second kappa shape index (κ2) is 6.07. The van der Waals surface area contributed by atoms with Crippen molar-refractivity contribution in [3.8, 4) is 5.75 Å². The van der Waals surface area contributed by atoms with Crippen LogP contribution in [0.2, 0.25) is 5.02 Å². The molecule has 0 saturated heterocycles. The molecule has 1 N–H and O–H groups in total. The topological polar surface area (TPSA) is 34.1 Å². The smallest absolute Gasteiger partial charge is 0.123 e. The quantitative estimate of drug-likeness (QED) is 0.917. The van der Waals surface area contributed by atoms with Crippen LogP contribution in [-0.2, 0) is 6.54 Å². The van der Waals surface area contributed by atoms with Crippen LogP contribution in [0.4, 0.5) is 5.69 Å². The standard InChI is InChI=1S/C13H12BrClN2O/c1-18-13-3-2-11(15)4-9(13)6-17-12-5-10(14)7-16-8-12/h2-5,7-8,17H,6H2,1H3. The Morgan fingerprint density at radius 2 is 2.17 bits per heavy atom. The van der Waals surface area contributed by atoms with Gasteiger partial charge in [0.15, 0.2) is 0 Å². The number of methoxy groups -OCH3 is 1. The lowest BCUT2D eigenvalue weighted by Gasteiger charge is -2.11. The molecule has 5 heteroatoms. The molecule has 0 atom stereocenters. The number of aromatic nitrogens is 1. The van der Waals surface area contributed by atoms with Gasteiger partial charge in [-0.2, -0.15) is 0 Å². The Morgan fingerprint density at radius 3 is 2.89 bits per heavy atom. The summed E-state index contributed by atoms with van der Waals surface area (Å²) in [5.74, 6) is 0.815. The number of halogens is 2. The summed E-state index contributed by atoms with van der Waals surface area (Å²) in [4.78, 5) is 4.09. The predicted octanol–water partition coefficient (Wildman–Crippen LogP) is 4.12. The highest BCUT2D eigenvalue weighted by atomic mass is 79.9. The highest BCUT2D eigenvalue weighted by molar-refractivity contribution is 9.10. The molecule has 0 saturated carbocycles. The van der Waals surface area contributed by atoms with Crippen molar-refractivity contribution < 1.29 is 4.74 Å². The first-order chi connectivity index (χ1) is 8.69. The zero-order valence-electron chi connectivity index (χ0n) is 9.78. The number of pyridine rings is 1. The van der Waals surface area contributed by atoms with Crippen LogP contribution < -0.4 is 10.1 Å². The number of anilines is 1. The molecular formula is C13H12BrClN2O. The monoisotopic (exact) mass is 326 g/mol. The van der Waals surface area contributed by atoms with Crippen molar-refractivity contribution >= 4 is 33.2 Å². The van der Waals surface area contributed by atoms with Gasteiger partial charge in [0.25, 0.3) is 0 Å². The predicted molar refractivity (Wildman–Crippen MR) is 77.3 cm³/mol. The van der Waals surface area contributed by atoms with E-state index in [1.807, 2.05) is 24.3 Å². The zero-order valence-corrected chi connectivity index (χ0v) is 12.1. The molecule has 0 unspecified atom stereocenters. The van der Waals surface area contributed by atoms with Crippen molar-refractivity contribution in [3.63, 3.8) is 0 Å². The van der Waals surface area contributed by atoms with Gasteiger partial charge in [0.2, 0.25) is 0 Å². The first-order valence-electron chi connectivity index (χ1n) is 5.36. The van der Waals surface area contributed by atoms with E-state index >= 15 is 0 Å². The van der Waals surface area contributed by atoms with Gasteiger partial charge >= 0.3 is 0 Å². The van der Waals surface area contributed by atoms with E-state index in [1.54, 1.807) is 19.5 Å². The second-order valence-corrected chi connectivity index (χ2v) is 5.05. The molecule has 0 aliphatic heterocycles. The van der Waals surface area contributed by atoms with Gasteiger partial charge in [-0.05, 0) is 40.2 Å². The lowest BCUT2D eigenvalue weighted by molar-refractivity contribution is 0.410. The van der Waals surface area contributed by atoms with Crippen LogP contribution in [0.25, 0.3) is 0 Å². The Balaban J connectivity index is 2.12. The van der Waals surface area contributed by atoms with Crippen LogP contribution in [0.5, 0.6) is 5.75 Å². The maximum absolute atomic E-state index is 5.98. The van der Waals surface area contributed by atoms with Gasteiger partial charge in [-0.3, -0.25) is 4.98 Å². The largest absolute Gasteiger partial charge is 0.496 e. The van der Waals surface area contributed by atoms with E-state index < -0.39 is 0 Å². The summed E-state index contributed by atoms with van der Waals surface area (Å²) >= 11 is 9.36. The van der Waals surface area contributed by atoms with E-state index in [-0.39, 0.29) is 0 Å². The van der Waals surface area contributed by atoms with Crippen molar-refractivity contribution in [2.24, 2.45) is 0 Å². The van der Waals surface area contributed by atoms with E-state index in [1.165, 1.54) is 0 Å². The Labute approximate surface area is 119 Å². The molecule has 1 heterocycles. The molecule has 0 amide bonds. The highest BCUT2D eigenvalue weighted by Crippen LogP contribution is 2.24. The van der Waals surface area contributed by atoms with Crippen LogP contribution in [0.3, 0.4) is 0 Å². The maximum atomic E-state index is 5.98. The lowest BCUT2D eigenvalue weighted by atomic mass is 10.2. The number of hydrogen-bond donors (Lipinski definition) is 1. The minimum Gasteiger partial charge on any atom is -0.496 e. The SMILES string of the molecule is COc1ccc(Cl)cc1CNc1cncc(Br)c1. The average molecular weight is 328 g/mol. The summed E-state index contributed by atoms with van der Waals surface area (Å²) in [5.41, 5.74) is 1.94. The van der Waals surface area contributed by atoms with Crippen molar-refractivity contribution in [3.05, 3.63) is 51.7 Å².